The van der Waals surface area contributed by atoms with Gasteiger partial charge in [0.15, 0.2) is 0 Å². The lowest BCUT2D eigenvalue weighted by Gasteiger charge is -2.08. The van der Waals surface area contributed by atoms with Crippen LogP contribution in [0.1, 0.15) is 27.4 Å². The van der Waals surface area contributed by atoms with Crippen molar-refractivity contribution in [2.75, 3.05) is 0 Å². The molecular formula is C14H9NO2. The van der Waals surface area contributed by atoms with Crippen LogP contribution in [0.15, 0.2) is 48.8 Å². The summed E-state index contributed by atoms with van der Waals surface area (Å²) in [5.41, 5.74) is 2.15. The van der Waals surface area contributed by atoms with Gasteiger partial charge in [-0.05, 0) is 23.3 Å². The van der Waals surface area contributed by atoms with Gasteiger partial charge in [-0.25, -0.2) is 0 Å². The van der Waals surface area contributed by atoms with E-state index in [0.717, 1.165) is 11.1 Å². The Kier molecular flexibility index (Phi) is 2.11. The normalized spacial score (nSPS) is 18.2. The maximum Gasteiger partial charge on any atom is 0.229 e. The van der Waals surface area contributed by atoms with E-state index >= 15 is 0 Å². The monoisotopic (exact) mass is 223 g/mol. The smallest absolute Gasteiger partial charge is 0.229 e. The highest BCUT2D eigenvalue weighted by Crippen LogP contribution is 2.34. The van der Waals surface area contributed by atoms with Gasteiger partial charge in [-0.3, -0.25) is 14.6 Å². The second-order valence-corrected chi connectivity index (χ2v) is 3.99. The standard InChI is InChI=1S/C14H9NO2/c16-13-11-4-2-1-3-10(11)12(14(13)17)9-5-7-15-8-6-9/h1-8,12H. The fourth-order valence-electron chi connectivity index (χ4n) is 2.25. The molecule has 0 saturated heterocycles. The second-order valence-electron chi connectivity index (χ2n) is 3.99. The average Bonchev–Trinajstić information content (AvgIpc) is 2.64. The summed E-state index contributed by atoms with van der Waals surface area (Å²) in [6.07, 6.45) is 3.27. The number of hydrogen-bond acceptors (Lipinski definition) is 3. The molecule has 0 saturated carbocycles. The van der Waals surface area contributed by atoms with Gasteiger partial charge in [0, 0.05) is 18.0 Å². The Labute approximate surface area is 98.1 Å². The maximum absolute atomic E-state index is 12.0. The molecule has 1 aromatic carbocycles. The van der Waals surface area contributed by atoms with E-state index in [2.05, 4.69) is 4.98 Å². The molecule has 3 nitrogen and oxygen atoms in total. The Balaban J connectivity index is 2.20. The summed E-state index contributed by atoms with van der Waals surface area (Å²) in [4.78, 5) is 27.7. The first-order chi connectivity index (χ1) is 8.29. The first-order valence-corrected chi connectivity index (χ1v) is 5.36. The van der Waals surface area contributed by atoms with Gasteiger partial charge in [0.2, 0.25) is 11.6 Å². The number of nitrogens with zero attached hydrogens (tertiary/aromatic N) is 1. The maximum atomic E-state index is 12.0. The van der Waals surface area contributed by atoms with E-state index in [1.54, 1.807) is 36.7 Å². The predicted molar refractivity (Wildman–Crippen MR) is 61.9 cm³/mol. The van der Waals surface area contributed by atoms with Crippen LogP contribution in [0, 0.1) is 0 Å². The number of pyridine rings is 1. The number of carbonyl (C=O) groups excluding carboxylic acids is 2. The lowest BCUT2D eigenvalue weighted by Crippen LogP contribution is -2.13. The van der Waals surface area contributed by atoms with E-state index in [0.29, 0.717) is 5.56 Å². The first-order valence-electron chi connectivity index (χ1n) is 5.36. The molecule has 0 aliphatic heterocycles. The number of ketones is 2. The van der Waals surface area contributed by atoms with Crippen LogP contribution in [0.3, 0.4) is 0 Å². The molecule has 17 heavy (non-hydrogen) atoms. The first kappa shape index (κ1) is 9.90. The number of hydrogen-bond donors (Lipinski definition) is 0. The molecule has 1 heterocycles. The van der Waals surface area contributed by atoms with Crippen molar-refractivity contribution in [1.29, 1.82) is 0 Å². The minimum atomic E-state index is -0.457. The van der Waals surface area contributed by atoms with Crippen molar-refractivity contribution in [3.8, 4) is 0 Å². The summed E-state index contributed by atoms with van der Waals surface area (Å²) in [5, 5.41) is 0. The number of benzene rings is 1. The highest BCUT2D eigenvalue weighted by atomic mass is 16.2. The molecule has 0 spiro atoms. The number of rotatable bonds is 1. The number of fused-ring (bicyclic) bond motifs is 1. The van der Waals surface area contributed by atoms with Crippen LogP contribution < -0.4 is 0 Å². The highest BCUT2D eigenvalue weighted by molar-refractivity contribution is 6.49. The Morgan fingerprint density at radius 2 is 1.65 bits per heavy atom. The minimum Gasteiger partial charge on any atom is -0.289 e. The van der Waals surface area contributed by atoms with Gasteiger partial charge in [-0.2, -0.15) is 0 Å². The zero-order chi connectivity index (χ0) is 11.8. The van der Waals surface area contributed by atoms with E-state index in [1.807, 2.05) is 12.1 Å². The van der Waals surface area contributed by atoms with Gasteiger partial charge in [0.25, 0.3) is 0 Å². The van der Waals surface area contributed by atoms with E-state index in [-0.39, 0.29) is 11.6 Å². The molecule has 0 bridgehead atoms. The fourth-order valence-corrected chi connectivity index (χ4v) is 2.25. The zero-order valence-electron chi connectivity index (χ0n) is 8.96. The molecule has 3 heteroatoms. The third-order valence-electron chi connectivity index (χ3n) is 3.04. The van der Waals surface area contributed by atoms with Crippen molar-refractivity contribution in [3.05, 3.63) is 65.5 Å². The van der Waals surface area contributed by atoms with Crippen LogP contribution in [-0.4, -0.2) is 16.6 Å². The van der Waals surface area contributed by atoms with Crippen molar-refractivity contribution in [3.63, 3.8) is 0 Å². The van der Waals surface area contributed by atoms with Crippen LogP contribution in [0.2, 0.25) is 0 Å². The van der Waals surface area contributed by atoms with Crippen LogP contribution in [-0.2, 0) is 4.79 Å². The molecule has 1 aromatic heterocycles. The fraction of sp³-hybridized carbons (Fsp3) is 0.0714. The lowest BCUT2D eigenvalue weighted by atomic mass is 9.93. The highest BCUT2D eigenvalue weighted by Gasteiger charge is 2.38. The van der Waals surface area contributed by atoms with E-state index < -0.39 is 5.92 Å². The predicted octanol–water partition coefficient (Wildman–Crippen LogP) is 1.98. The molecular weight excluding hydrogens is 214 g/mol. The summed E-state index contributed by atoms with van der Waals surface area (Å²) in [6, 6.07) is 10.7. The van der Waals surface area contributed by atoms with Crippen LogP contribution in [0.4, 0.5) is 0 Å². The van der Waals surface area contributed by atoms with Crippen LogP contribution >= 0.6 is 0 Å². The number of carbonyl (C=O) groups is 2. The Morgan fingerprint density at radius 3 is 2.41 bits per heavy atom. The number of Topliss-reactive ketones (excluding diaryl/α,β-unsaturated/α-hetero) is 2. The second kappa shape index (κ2) is 3.63. The summed E-state index contributed by atoms with van der Waals surface area (Å²) >= 11 is 0. The van der Waals surface area contributed by atoms with E-state index in [1.165, 1.54) is 0 Å². The molecule has 1 aliphatic rings. The van der Waals surface area contributed by atoms with Crippen molar-refractivity contribution < 1.29 is 9.59 Å². The molecule has 0 fully saturated rings. The average molecular weight is 223 g/mol. The third kappa shape index (κ3) is 1.40. The molecule has 0 amide bonds. The molecule has 3 rings (SSSR count). The Bertz CT molecular complexity index is 605. The van der Waals surface area contributed by atoms with Crippen molar-refractivity contribution in [2.24, 2.45) is 0 Å². The molecule has 2 aromatic rings. The van der Waals surface area contributed by atoms with Gasteiger partial charge in [-0.15, -0.1) is 0 Å². The molecule has 1 unspecified atom stereocenters. The third-order valence-corrected chi connectivity index (χ3v) is 3.04. The molecule has 0 radical (unpaired) electrons. The van der Waals surface area contributed by atoms with Crippen molar-refractivity contribution in [2.45, 2.75) is 5.92 Å². The molecule has 1 aliphatic carbocycles. The van der Waals surface area contributed by atoms with Crippen molar-refractivity contribution in [1.82, 2.24) is 4.98 Å². The van der Waals surface area contributed by atoms with Gasteiger partial charge in [0.05, 0.1) is 5.92 Å². The van der Waals surface area contributed by atoms with Gasteiger partial charge >= 0.3 is 0 Å². The van der Waals surface area contributed by atoms with Gasteiger partial charge in [-0.1, -0.05) is 24.3 Å². The van der Waals surface area contributed by atoms with Crippen LogP contribution in [0.25, 0.3) is 0 Å². The zero-order valence-corrected chi connectivity index (χ0v) is 8.96. The summed E-state index contributed by atoms with van der Waals surface area (Å²) < 4.78 is 0. The molecule has 1 atom stereocenters. The molecule has 0 N–H and O–H groups in total. The van der Waals surface area contributed by atoms with Gasteiger partial charge < -0.3 is 0 Å². The largest absolute Gasteiger partial charge is 0.289 e. The summed E-state index contributed by atoms with van der Waals surface area (Å²) in [7, 11) is 0. The lowest BCUT2D eigenvalue weighted by molar-refractivity contribution is -0.115. The van der Waals surface area contributed by atoms with Crippen molar-refractivity contribution >= 4 is 11.6 Å². The quantitative estimate of drug-likeness (QED) is 0.694. The Hall–Kier alpha value is -2.29. The summed E-state index contributed by atoms with van der Waals surface area (Å²) in [5.74, 6) is -1.19. The summed E-state index contributed by atoms with van der Waals surface area (Å²) in [6.45, 7) is 0. The Morgan fingerprint density at radius 1 is 0.941 bits per heavy atom. The van der Waals surface area contributed by atoms with E-state index in [9.17, 15) is 9.59 Å². The van der Waals surface area contributed by atoms with Gasteiger partial charge in [0.1, 0.15) is 0 Å². The van der Waals surface area contributed by atoms with E-state index in [4.69, 9.17) is 0 Å². The number of aromatic nitrogens is 1. The topological polar surface area (TPSA) is 47.0 Å². The minimum absolute atomic E-state index is 0.350. The molecule has 82 valence electrons. The van der Waals surface area contributed by atoms with Crippen LogP contribution in [0.5, 0.6) is 0 Å². The SMILES string of the molecule is O=C1C(=O)C(c2ccncc2)c2ccccc21.